The first-order chi connectivity index (χ1) is 15.5. The molecule has 3 aromatic rings. The third kappa shape index (κ3) is 4.97. The number of carbonyl (C=O) groups excluding carboxylic acids is 2. The second kappa shape index (κ2) is 9.65. The van der Waals surface area contributed by atoms with Gasteiger partial charge in [0.15, 0.2) is 5.11 Å². The maximum Gasteiger partial charge on any atom is 0.273 e. The van der Waals surface area contributed by atoms with Crippen molar-refractivity contribution in [2.24, 2.45) is 5.73 Å². The van der Waals surface area contributed by atoms with Crippen molar-refractivity contribution in [2.45, 2.75) is 25.8 Å². The van der Waals surface area contributed by atoms with Crippen LogP contribution < -0.4 is 21.1 Å². The monoisotopic (exact) mass is 448 g/mol. The van der Waals surface area contributed by atoms with Gasteiger partial charge in [-0.15, -0.1) is 0 Å². The van der Waals surface area contributed by atoms with E-state index in [1.807, 2.05) is 18.2 Å². The molecule has 0 unspecified atom stereocenters. The van der Waals surface area contributed by atoms with Gasteiger partial charge in [0, 0.05) is 34.8 Å². The number of nitrogens with one attached hydrogen (secondary N) is 2. The van der Waals surface area contributed by atoms with E-state index in [4.69, 9.17) is 22.7 Å². The molecule has 1 saturated heterocycles. The van der Waals surface area contributed by atoms with Crippen molar-refractivity contribution < 1.29 is 14.3 Å². The third-order valence-corrected chi connectivity index (χ3v) is 5.49. The second-order valence-corrected chi connectivity index (χ2v) is 7.97. The number of benzene rings is 2. The number of unbranched alkanes of at least 4 members (excludes halogenated alkanes) is 2. The Morgan fingerprint density at radius 2 is 1.84 bits per heavy atom. The van der Waals surface area contributed by atoms with E-state index in [9.17, 15) is 9.59 Å². The summed E-state index contributed by atoms with van der Waals surface area (Å²) in [4.78, 5) is 23.1. The Balaban J connectivity index is 1.32. The standard InChI is InChI=1S/C24H24N4O3S/c25-22(29)16-8-10-18(11-9-16)31-13-5-1-4-12-28-15-17(19-6-2-3-7-21(19)28)14-20-23(30)27-24(32)26-20/h2-3,6-11,14-15H,1,4-5,12-13H2,(H2,25,29)(H2,26,27,30,32)/b20-14+. The van der Waals surface area contributed by atoms with E-state index in [-0.39, 0.29) is 5.91 Å². The number of hydrogen-bond acceptors (Lipinski definition) is 4. The van der Waals surface area contributed by atoms with Crippen molar-refractivity contribution in [3.8, 4) is 5.75 Å². The van der Waals surface area contributed by atoms with Crippen LogP contribution in [0.3, 0.4) is 0 Å². The summed E-state index contributed by atoms with van der Waals surface area (Å²) >= 11 is 5.01. The van der Waals surface area contributed by atoms with E-state index in [1.165, 1.54) is 0 Å². The summed E-state index contributed by atoms with van der Waals surface area (Å²) in [5.41, 5.74) is 8.28. The molecule has 1 aliphatic heterocycles. The topological polar surface area (TPSA) is 98.4 Å². The summed E-state index contributed by atoms with van der Waals surface area (Å²) in [5, 5.41) is 6.91. The van der Waals surface area contributed by atoms with Gasteiger partial charge in [0.2, 0.25) is 5.91 Å². The first-order valence-corrected chi connectivity index (χ1v) is 10.9. The minimum Gasteiger partial charge on any atom is -0.494 e. The van der Waals surface area contributed by atoms with E-state index < -0.39 is 5.91 Å². The lowest BCUT2D eigenvalue weighted by Crippen LogP contribution is -2.21. The summed E-state index contributed by atoms with van der Waals surface area (Å²) in [6, 6.07) is 15.0. The molecule has 2 aromatic carbocycles. The van der Waals surface area contributed by atoms with Crippen LogP contribution in [-0.2, 0) is 11.3 Å². The molecule has 0 aliphatic carbocycles. The van der Waals surface area contributed by atoms with Gasteiger partial charge in [0.1, 0.15) is 11.4 Å². The molecule has 164 valence electrons. The highest BCUT2D eigenvalue weighted by molar-refractivity contribution is 7.80. The fourth-order valence-corrected chi connectivity index (χ4v) is 3.88. The molecule has 0 atom stereocenters. The minimum absolute atomic E-state index is 0.212. The predicted octanol–water partition coefficient (Wildman–Crippen LogP) is 3.33. The number of thiocarbonyl (C=S) groups is 1. The number of fused-ring (bicyclic) bond motifs is 1. The Hall–Kier alpha value is -3.65. The Morgan fingerprint density at radius 3 is 2.56 bits per heavy atom. The molecule has 0 saturated carbocycles. The van der Waals surface area contributed by atoms with Crippen LogP contribution in [-0.4, -0.2) is 28.1 Å². The highest BCUT2D eigenvalue weighted by atomic mass is 32.1. The van der Waals surface area contributed by atoms with Crippen molar-refractivity contribution in [3.05, 3.63) is 71.6 Å². The van der Waals surface area contributed by atoms with E-state index >= 15 is 0 Å². The first kappa shape index (κ1) is 21.6. The molecule has 7 nitrogen and oxygen atoms in total. The number of nitrogens with zero attached hydrogens (tertiary/aromatic N) is 1. The molecule has 1 aromatic heterocycles. The number of primary amides is 1. The fourth-order valence-electron chi connectivity index (χ4n) is 3.68. The van der Waals surface area contributed by atoms with Crippen molar-refractivity contribution in [1.29, 1.82) is 0 Å². The van der Waals surface area contributed by atoms with E-state index in [0.717, 1.165) is 48.0 Å². The zero-order valence-electron chi connectivity index (χ0n) is 17.5. The van der Waals surface area contributed by atoms with Gasteiger partial charge in [0.05, 0.1) is 6.61 Å². The van der Waals surface area contributed by atoms with Crippen molar-refractivity contribution in [1.82, 2.24) is 15.2 Å². The lowest BCUT2D eigenvalue weighted by atomic mass is 10.1. The van der Waals surface area contributed by atoms with Gasteiger partial charge in [-0.05, 0) is 67.9 Å². The molecular formula is C24H24N4O3S. The number of para-hydroxylation sites is 1. The minimum atomic E-state index is -0.445. The zero-order chi connectivity index (χ0) is 22.5. The molecule has 2 heterocycles. The average Bonchev–Trinajstić information content (AvgIpc) is 3.30. The van der Waals surface area contributed by atoms with Crippen LogP contribution in [0.2, 0.25) is 0 Å². The predicted molar refractivity (Wildman–Crippen MR) is 128 cm³/mol. The number of ether oxygens (including phenoxy) is 1. The van der Waals surface area contributed by atoms with Crippen molar-refractivity contribution in [3.63, 3.8) is 0 Å². The molecule has 4 rings (SSSR count). The number of aromatic nitrogens is 1. The van der Waals surface area contributed by atoms with Crippen LogP contribution in [0.1, 0.15) is 35.2 Å². The normalized spacial score (nSPS) is 14.6. The Bertz CT molecular complexity index is 1200. The number of aryl methyl sites for hydroxylation is 1. The van der Waals surface area contributed by atoms with Gasteiger partial charge in [-0.3, -0.25) is 14.9 Å². The SMILES string of the molecule is NC(=O)c1ccc(OCCCCCn2cc(/C=C3/NC(=S)NC3=O)c3ccccc32)cc1. The summed E-state index contributed by atoms with van der Waals surface area (Å²) in [6.45, 7) is 1.48. The molecule has 0 radical (unpaired) electrons. The van der Waals surface area contributed by atoms with Crippen molar-refractivity contribution >= 4 is 46.1 Å². The van der Waals surface area contributed by atoms with E-state index in [1.54, 1.807) is 24.3 Å². The maximum absolute atomic E-state index is 12.0. The number of hydrogen-bond donors (Lipinski definition) is 3. The van der Waals surface area contributed by atoms with Gasteiger partial charge in [0.25, 0.3) is 5.91 Å². The Kier molecular flexibility index (Phi) is 6.51. The molecule has 0 bridgehead atoms. The van der Waals surface area contributed by atoms with Crippen molar-refractivity contribution in [2.75, 3.05) is 6.61 Å². The smallest absolute Gasteiger partial charge is 0.273 e. The summed E-state index contributed by atoms with van der Waals surface area (Å²) in [7, 11) is 0. The largest absolute Gasteiger partial charge is 0.494 e. The van der Waals surface area contributed by atoms with Gasteiger partial charge in [-0.1, -0.05) is 18.2 Å². The molecule has 4 N–H and O–H groups in total. The molecule has 32 heavy (non-hydrogen) atoms. The van der Waals surface area contributed by atoms with Gasteiger partial charge < -0.3 is 20.4 Å². The first-order valence-electron chi connectivity index (χ1n) is 10.5. The number of nitrogens with two attached hydrogens (primary N) is 1. The number of rotatable bonds is 9. The molecule has 1 fully saturated rings. The summed E-state index contributed by atoms with van der Waals surface area (Å²) in [6.07, 6.45) is 6.85. The van der Waals surface area contributed by atoms with Crippen LogP contribution in [0.15, 0.2) is 60.4 Å². The lowest BCUT2D eigenvalue weighted by Gasteiger charge is -2.08. The molecule has 0 spiro atoms. The maximum atomic E-state index is 12.0. The summed E-state index contributed by atoms with van der Waals surface area (Å²) in [5.74, 6) is 0.0730. The highest BCUT2D eigenvalue weighted by Crippen LogP contribution is 2.24. The number of amides is 2. The molecule has 8 heteroatoms. The number of carbonyl (C=O) groups is 2. The molecule has 2 amide bonds. The van der Waals surface area contributed by atoms with E-state index in [0.29, 0.717) is 23.0 Å². The van der Waals surface area contributed by atoms with E-state index in [2.05, 4.69) is 33.5 Å². The quantitative estimate of drug-likeness (QED) is 0.265. The van der Waals surface area contributed by atoms with Gasteiger partial charge in [-0.25, -0.2) is 0 Å². The van der Waals surface area contributed by atoms with Crippen LogP contribution in [0, 0.1) is 0 Å². The fraction of sp³-hybridized carbons (Fsp3) is 0.208. The van der Waals surface area contributed by atoms with Gasteiger partial charge in [-0.2, -0.15) is 0 Å². The average molecular weight is 449 g/mol. The third-order valence-electron chi connectivity index (χ3n) is 5.29. The highest BCUT2D eigenvalue weighted by Gasteiger charge is 2.20. The van der Waals surface area contributed by atoms with Crippen LogP contribution >= 0.6 is 12.2 Å². The second-order valence-electron chi connectivity index (χ2n) is 7.56. The summed E-state index contributed by atoms with van der Waals surface area (Å²) < 4.78 is 7.96. The van der Waals surface area contributed by atoms with Crippen LogP contribution in [0.4, 0.5) is 0 Å². The lowest BCUT2D eigenvalue weighted by molar-refractivity contribution is -0.115. The van der Waals surface area contributed by atoms with Crippen LogP contribution in [0.5, 0.6) is 5.75 Å². The Labute approximate surface area is 191 Å². The Morgan fingerprint density at radius 1 is 1.06 bits per heavy atom. The zero-order valence-corrected chi connectivity index (χ0v) is 18.3. The molecule has 1 aliphatic rings. The molecular weight excluding hydrogens is 424 g/mol. The van der Waals surface area contributed by atoms with Gasteiger partial charge >= 0.3 is 0 Å². The van der Waals surface area contributed by atoms with Crippen LogP contribution in [0.25, 0.3) is 17.0 Å².